The first-order chi connectivity index (χ1) is 14.0. The number of carboxylic acids is 1. The third kappa shape index (κ3) is 5.71. The molecule has 30 heavy (non-hydrogen) atoms. The van der Waals surface area contributed by atoms with Crippen molar-refractivity contribution < 1.29 is 33.0 Å². The van der Waals surface area contributed by atoms with Gasteiger partial charge in [-0.15, -0.1) is 0 Å². The highest BCUT2D eigenvalue weighted by atomic mass is 32.2. The topological polar surface area (TPSA) is 142 Å². The maximum Gasteiger partial charge on any atom is 0.394 e. The summed E-state index contributed by atoms with van der Waals surface area (Å²) in [6.45, 7) is 5.58. The third-order valence-electron chi connectivity index (χ3n) is 4.18. The van der Waals surface area contributed by atoms with Crippen LogP contribution in [0.15, 0.2) is 35.2 Å². The average Bonchev–Trinajstić information content (AvgIpc) is 2.65. The minimum atomic E-state index is -3.91. The number of sulfonamides is 1. The lowest BCUT2D eigenvalue weighted by Crippen LogP contribution is -2.24. The number of benzene rings is 2. The Kier molecular flexibility index (Phi) is 7.41. The van der Waals surface area contributed by atoms with E-state index in [0.717, 1.165) is 6.42 Å². The van der Waals surface area contributed by atoms with Crippen LogP contribution in [0.2, 0.25) is 0 Å². The normalized spacial score (nSPS) is 11.2. The quantitative estimate of drug-likeness (QED) is 0.368. The molecule has 4 N–H and O–H groups in total. The van der Waals surface area contributed by atoms with E-state index in [0.29, 0.717) is 29.0 Å². The van der Waals surface area contributed by atoms with Crippen molar-refractivity contribution in [1.29, 1.82) is 0 Å². The molecule has 0 heterocycles. The molecule has 0 aliphatic heterocycles. The van der Waals surface area contributed by atoms with Crippen LogP contribution in [-0.2, 0) is 19.6 Å². The Morgan fingerprint density at radius 1 is 1.10 bits per heavy atom. The minimum absolute atomic E-state index is 0.192. The second kappa shape index (κ2) is 9.59. The number of aryl methyl sites for hydroxylation is 2. The summed E-state index contributed by atoms with van der Waals surface area (Å²) in [5, 5.41) is 21.0. The van der Waals surface area contributed by atoms with E-state index in [4.69, 9.17) is 9.84 Å². The molecular weight excluding hydrogens is 412 g/mol. The fourth-order valence-electron chi connectivity index (χ4n) is 2.72. The summed E-state index contributed by atoms with van der Waals surface area (Å²) in [7, 11) is -3.91. The number of carbonyl (C=O) groups excluding carboxylic acids is 1. The van der Waals surface area contributed by atoms with Gasteiger partial charge < -0.3 is 20.3 Å². The van der Waals surface area contributed by atoms with E-state index < -0.39 is 27.6 Å². The van der Waals surface area contributed by atoms with Crippen molar-refractivity contribution in [2.45, 2.75) is 38.5 Å². The number of hydrogen-bond acceptors (Lipinski definition) is 6. The van der Waals surface area contributed by atoms with Gasteiger partial charge in [-0.3, -0.25) is 4.79 Å². The zero-order chi connectivity index (χ0) is 22.5. The summed E-state index contributed by atoms with van der Waals surface area (Å²) in [6, 6.07) is 6.96. The number of aromatic hydroxyl groups is 1. The summed E-state index contributed by atoms with van der Waals surface area (Å²) in [5.41, 5.74) is 1.47. The number of phenolic OH excluding ortho intramolecular Hbond substituents is 1. The molecule has 0 bridgehead atoms. The maximum atomic E-state index is 12.5. The molecule has 0 aliphatic rings. The number of rotatable bonds is 8. The lowest BCUT2D eigenvalue weighted by atomic mass is 10.1. The maximum absolute atomic E-state index is 12.5. The van der Waals surface area contributed by atoms with Crippen molar-refractivity contribution >= 4 is 27.6 Å². The van der Waals surface area contributed by atoms with Gasteiger partial charge in [0.15, 0.2) is 0 Å². The smallest absolute Gasteiger partial charge is 0.394 e. The Bertz CT molecular complexity index is 1040. The van der Waals surface area contributed by atoms with Crippen LogP contribution < -0.4 is 14.8 Å². The van der Waals surface area contributed by atoms with Gasteiger partial charge in [-0.1, -0.05) is 13.3 Å². The Hall–Kier alpha value is -3.11. The predicted octanol–water partition coefficient (Wildman–Crippen LogP) is 2.90. The van der Waals surface area contributed by atoms with Crippen molar-refractivity contribution in [2.75, 3.05) is 11.9 Å². The number of unbranched alkanes of at least 4 members (excludes halogenated alkanes) is 1. The second-order valence-corrected chi connectivity index (χ2v) is 8.42. The molecule has 0 saturated carbocycles. The summed E-state index contributed by atoms with van der Waals surface area (Å²) >= 11 is 0. The lowest BCUT2D eigenvalue weighted by Gasteiger charge is -2.15. The third-order valence-corrected chi connectivity index (χ3v) is 5.67. The number of carboxylic acid groups (broad SMARTS) is 1. The molecule has 2 rings (SSSR count). The number of amides is 1. The SMILES string of the molecule is CCCCNS(=O)(=O)c1cc(Oc2c(C)cc(NC(=O)C(=O)O)cc2C)ccc1O. The summed E-state index contributed by atoms with van der Waals surface area (Å²) in [6.07, 6.45) is 1.48. The van der Waals surface area contributed by atoms with Crippen molar-refractivity contribution in [3.8, 4) is 17.2 Å². The number of hydrogen-bond donors (Lipinski definition) is 4. The fraction of sp³-hybridized carbons (Fsp3) is 0.300. The van der Waals surface area contributed by atoms with Gasteiger partial charge in [0, 0.05) is 18.3 Å². The highest BCUT2D eigenvalue weighted by molar-refractivity contribution is 7.89. The number of phenols is 1. The highest BCUT2D eigenvalue weighted by Crippen LogP contribution is 2.34. The molecule has 0 atom stereocenters. The number of carbonyl (C=O) groups is 2. The van der Waals surface area contributed by atoms with Crippen LogP contribution >= 0.6 is 0 Å². The number of nitrogens with one attached hydrogen (secondary N) is 2. The lowest BCUT2D eigenvalue weighted by molar-refractivity contribution is -0.147. The molecule has 10 heteroatoms. The van der Waals surface area contributed by atoms with Gasteiger partial charge in [0.1, 0.15) is 22.1 Å². The van der Waals surface area contributed by atoms with E-state index in [1.165, 1.54) is 30.3 Å². The van der Waals surface area contributed by atoms with Gasteiger partial charge in [-0.05, 0) is 55.7 Å². The zero-order valence-electron chi connectivity index (χ0n) is 16.9. The van der Waals surface area contributed by atoms with Crippen molar-refractivity contribution in [3.63, 3.8) is 0 Å². The first kappa shape index (κ1) is 23.2. The predicted molar refractivity (Wildman–Crippen MR) is 110 cm³/mol. The molecule has 2 aromatic carbocycles. The molecule has 9 nitrogen and oxygen atoms in total. The monoisotopic (exact) mass is 436 g/mol. The van der Waals surface area contributed by atoms with Gasteiger partial charge in [0.25, 0.3) is 0 Å². The molecular formula is C20H24N2O7S. The van der Waals surface area contributed by atoms with E-state index >= 15 is 0 Å². The Morgan fingerprint density at radius 3 is 2.30 bits per heavy atom. The number of ether oxygens (including phenoxy) is 1. The van der Waals surface area contributed by atoms with Gasteiger partial charge >= 0.3 is 11.9 Å². The molecule has 0 aromatic heterocycles. The molecule has 0 aliphatic carbocycles. The number of aliphatic carboxylic acids is 1. The van der Waals surface area contributed by atoms with Crippen LogP contribution in [0.1, 0.15) is 30.9 Å². The molecule has 0 fully saturated rings. The highest BCUT2D eigenvalue weighted by Gasteiger charge is 2.20. The molecule has 1 amide bonds. The van der Waals surface area contributed by atoms with Crippen molar-refractivity contribution in [1.82, 2.24) is 4.72 Å². The van der Waals surface area contributed by atoms with Crippen LogP contribution in [0.4, 0.5) is 5.69 Å². The zero-order valence-corrected chi connectivity index (χ0v) is 17.7. The van der Waals surface area contributed by atoms with Gasteiger partial charge in [-0.2, -0.15) is 0 Å². The van der Waals surface area contributed by atoms with Crippen LogP contribution in [0.5, 0.6) is 17.2 Å². The van der Waals surface area contributed by atoms with Crippen molar-refractivity contribution in [3.05, 3.63) is 41.5 Å². The molecule has 0 radical (unpaired) electrons. The molecule has 2 aromatic rings. The summed E-state index contributed by atoms with van der Waals surface area (Å²) < 4.78 is 33.2. The Labute approximate surface area is 174 Å². The largest absolute Gasteiger partial charge is 0.507 e. The molecule has 0 spiro atoms. The van der Waals surface area contributed by atoms with E-state index in [1.807, 2.05) is 6.92 Å². The Balaban J connectivity index is 2.30. The van der Waals surface area contributed by atoms with Crippen LogP contribution in [0.3, 0.4) is 0 Å². The molecule has 0 unspecified atom stereocenters. The second-order valence-electron chi connectivity index (χ2n) is 6.68. The standard InChI is InChI=1S/C20H24N2O7S/c1-4-5-8-21-30(27,28)17-11-15(6-7-16(17)23)29-18-12(2)9-14(10-13(18)3)22-19(24)20(25)26/h6-7,9-11,21,23H,4-5,8H2,1-3H3,(H,22,24)(H,25,26). The van der Waals surface area contributed by atoms with E-state index in [9.17, 15) is 23.1 Å². The van der Waals surface area contributed by atoms with Gasteiger partial charge in [0.05, 0.1) is 0 Å². The summed E-state index contributed by atoms with van der Waals surface area (Å²) in [5.74, 6) is -2.55. The first-order valence-electron chi connectivity index (χ1n) is 9.21. The van der Waals surface area contributed by atoms with E-state index in [2.05, 4.69) is 10.0 Å². The minimum Gasteiger partial charge on any atom is -0.507 e. The van der Waals surface area contributed by atoms with Gasteiger partial charge in [-0.25, -0.2) is 17.9 Å². The van der Waals surface area contributed by atoms with Crippen LogP contribution in [-0.4, -0.2) is 37.1 Å². The van der Waals surface area contributed by atoms with Crippen molar-refractivity contribution in [2.24, 2.45) is 0 Å². The van der Waals surface area contributed by atoms with Crippen LogP contribution in [0, 0.1) is 13.8 Å². The van der Waals surface area contributed by atoms with Crippen LogP contribution in [0.25, 0.3) is 0 Å². The average molecular weight is 436 g/mol. The van der Waals surface area contributed by atoms with E-state index in [1.54, 1.807) is 13.8 Å². The first-order valence-corrected chi connectivity index (χ1v) is 10.7. The Morgan fingerprint density at radius 2 is 1.73 bits per heavy atom. The summed E-state index contributed by atoms with van der Waals surface area (Å²) in [4.78, 5) is 21.7. The molecule has 162 valence electrons. The van der Waals surface area contributed by atoms with Gasteiger partial charge in [0.2, 0.25) is 10.0 Å². The molecule has 0 saturated heterocycles. The fourth-order valence-corrected chi connectivity index (χ4v) is 3.90. The number of anilines is 1. The van der Waals surface area contributed by atoms with E-state index in [-0.39, 0.29) is 17.2 Å².